The minimum Gasteiger partial charge on any atom is -0.496 e. The molecule has 4 aromatic rings. The van der Waals surface area contributed by atoms with Crippen LogP contribution in [0.4, 0.5) is 0 Å². The van der Waals surface area contributed by atoms with E-state index in [0.29, 0.717) is 29.3 Å². The van der Waals surface area contributed by atoms with Crippen LogP contribution in [0.3, 0.4) is 0 Å². The molecule has 2 aromatic heterocycles. The summed E-state index contributed by atoms with van der Waals surface area (Å²) in [5.41, 5.74) is 4.08. The van der Waals surface area contributed by atoms with Crippen LogP contribution in [0.1, 0.15) is 15.9 Å². The number of amides is 1. The van der Waals surface area contributed by atoms with E-state index < -0.39 is 0 Å². The first kappa shape index (κ1) is 21.4. The van der Waals surface area contributed by atoms with Gasteiger partial charge in [-0.15, -0.1) is 0 Å². The number of carbonyl (C=O) groups is 1. The minimum atomic E-state index is -0.0392. The maximum Gasteiger partial charge on any atom is 0.259 e. The van der Waals surface area contributed by atoms with Gasteiger partial charge in [0.15, 0.2) is 5.65 Å². The zero-order valence-electron chi connectivity index (χ0n) is 18.3. The lowest BCUT2D eigenvalue weighted by atomic mass is 10.1. The SMILES string of the molecule is COc1ccc(Cl)cc1CN1CCN(C(=O)c2cnn3c(-c4ccccc4)ccnc23)CC1. The van der Waals surface area contributed by atoms with Crippen LogP contribution in [0.25, 0.3) is 16.9 Å². The highest BCUT2D eigenvalue weighted by molar-refractivity contribution is 6.30. The number of aromatic nitrogens is 3. The quantitative estimate of drug-likeness (QED) is 0.449. The van der Waals surface area contributed by atoms with Gasteiger partial charge in [0.05, 0.1) is 19.0 Å². The summed E-state index contributed by atoms with van der Waals surface area (Å²) in [6, 6.07) is 17.5. The van der Waals surface area contributed by atoms with E-state index in [2.05, 4.69) is 15.0 Å². The van der Waals surface area contributed by atoms with Gasteiger partial charge in [-0.25, -0.2) is 9.50 Å². The lowest BCUT2D eigenvalue weighted by Gasteiger charge is -2.34. The lowest BCUT2D eigenvalue weighted by Crippen LogP contribution is -2.48. The number of benzene rings is 2. The van der Waals surface area contributed by atoms with Crippen molar-refractivity contribution in [1.29, 1.82) is 0 Å². The Labute approximate surface area is 197 Å². The van der Waals surface area contributed by atoms with Gasteiger partial charge in [-0.05, 0) is 24.3 Å². The molecule has 1 aliphatic rings. The third-order valence-electron chi connectivity index (χ3n) is 6.00. The van der Waals surface area contributed by atoms with Crippen molar-refractivity contribution in [1.82, 2.24) is 24.4 Å². The van der Waals surface area contributed by atoms with Crippen LogP contribution in [0.5, 0.6) is 5.75 Å². The summed E-state index contributed by atoms with van der Waals surface area (Å²) in [6.45, 7) is 3.53. The Kier molecular flexibility index (Phi) is 5.98. The molecule has 0 radical (unpaired) electrons. The Hall–Kier alpha value is -3.42. The van der Waals surface area contributed by atoms with Crippen LogP contribution >= 0.6 is 11.6 Å². The van der Waals surface area contributed by atoms with Crippen molar-refractivity contribution in [2.75, 3.05) is 33.3 Å². The molecule has 1 aliphatic heterocycles. The fourth-order valence-corrected chi connectivity index (χ4v) is 4.46. The van der Waals surface area contributed by atoms with Gasteiger partial charge in [0.1, 0.15) is 11.3 Å². The highest BCUT2D eigenvalue weighted by Gasteiger charge is 2.26. The van der Waals surface area contributed by atoms with Crippen molar-refractivity contribution in [3.05, 3.63) is 83.1 Å². The number of methoxy groups -OCH3 is 1. The predicted molar refractivity (Wildman–Crippen MR) is 128 cm³/mol. The first-order valence-electron chi connectivity index (χ1n) is 10.9. The molecule has 8 heteroatoms. The van der Waals surface area contributed by atoms with Crippen LogP contribution in [-0.4, -0.2) is 63.6 Å². The molecule has 3 heterocycles. The normalized spacial score (nSPS) is 14.5. The number of hydrogen-bond acceptors (Lipinski definition) is 5. The van der Waals surface area contributed by atoms with Crippen molar-refractivity contribution in [3.8, 4) is 17.0 Å². The summed E-state index contributed by atoms with van der Waals surface area (Å²) in [6.07, 6.45) is 3.35. The highest BCUT2D eigenvalue weighted by Crippen LogP contribution is 2.25. The number of ether oxygens (including phenoxy) is 1. The molecule has 7 nitrogen and oxygen atoms in total. The van der Waals surface area contributed by atoms with Crippen LogP contribution in [0.2, 0.25) is 5.02 Å². The van der Waals surface area contributed by atoms with Crippen molar-refractivity contribution in [2.45, 2.75) is 6.54 Å². The number of halogens is 1. The molecule has 33 heavy (non-hydrogen) atoms. The molecule has 0 N–H and O–H groups in total. The van der Waals surface area contributed by atoms with E-state index in [1.807, 2.05) is 59.5 Å². The van der Waals surface area contributed by atoms with Crippen LogP contribution in [0.15, 0.2) is 67.0 Å². The highest BCUT2D eigenvalue weighted by atomic mass is 35.5. The molecule has 5 rings (SSSR count). The Morgan fingerprint density at radius 2 is 1.85 bits per heavy atom. The van der Waals surface area contributed by atoms with E-state index in [1.165, 1.54) is 0 Å². The first-order valence-corrected chi connectivity index (χ1v) is 11.2. The van der Waals surface area contributed by atoms with Gasteiger partial charge >= 0.3 is 0 Å². The van der Waals surface area contributed by atoms with Gasteiger partial charge in [0.25, 0.3) is 5.91 Å². The average Bonchev–Trinajstić information content (AvgIpc) is 3.29. The minimum absolute atomic E-state index is 0.0392. The second-order valence-corrected chi connectivity index (χ2v) is 8.45. The Morgan fingerprint density at radius 3 is 2.61 bits per heavy atom. The van der Waals surface area contributed by atoms with Crippen LogP contribution in [0, 0.1) is 0 Å². The number of fused-ring (bicyclic) bond motifs is 1. The predicted octanol–water partition coefficient (Wildman–Crippen LogP) is 4.02. The smallest absolute Gasteiger partial charge is 0.259 e. The molecule has 1 amide bonds. The number of nitrogens with zero attached hydrogens (tertiary/aromatic N) is 5. The summed E-state index contributed by atoms with van der Waals surface area (Å²) in [5.74, 6) is 0.784. The molecule has 0 saturated carbocycles. The Bertz CT molecular complexity index is 1280. The van der Waals surface area contributed by atoms with Gasteiger partial charge < -0.3 is 9.64 Å². The summed E-state index contributed by atoms with van der Waals surface area (Å²) >= 11 is 6.17. The molecule has 1 saturated heterocycles. The Morgan fingerprint density at radius 1 is 1.06 bits per heavy atom. The van der Waals surface area contributed by atoms with E-state index in [4.69, 9.17) is 16.3 Å². The standard InChI is InChI=1S/C25H24ClN5O2/c1-33-23-8-7-20(26)15-19(23)17-29-11-13-30(14-12-29)25(32)21-16-28-31-22(9-10-27-24(21)31)18-5-3-2-4-6-18/h2-10,15-16H,11-14,17H2,1H3. The third kappa shape index (κ3) is 4.29. The fraction of sp³-hybridized carbons (Fsp3) is 0.240. The summed E-state index contributed by atoms with van der Waals surface area (Å²) < 4.78 is 7.21. The van der Waals surface area contributed by atoms with Gasteiger partial charge in [-0.1, -0.05) is 41.9 Å². The molecular formula is C25H24ClN5O2. The second kappa shape index (κ2) is 9.21. The molecule has 0 unspecified atom stereocenters. The zero-order chi connectivity index (χ0) is 22.8. The van der Waals surface area contributed by atoms with Gasteiger partial charge in [-0.3, -0.25) is 9.69 Å². The van der Waals surface area contributed by atoms with Crippen molar-refractivity contribution in [2.24, 2.45) is 0 Å². The molecular weight excluding hydrogens is 438 g/mol. The number of piperazine rings is 1. The van der Waals surface area contributed by atoms with E-state index in [1.54, 1.807) is 24.0 Å². The van der Waals surface area contributed by atoms with E-state index in [0.717, 1.165) is 42.2 Å². The molecule has 2 aromatic carbocycles. The Balaban J connectivity index is 1.30. The molecule has 0 aliphatic carbocycles. The third-order valence-corrected chi connectivity index (χ3v) is 6.23. The summed E-state index contributed by atoms with van der Waals surface area (Å²) in [7, 11) is 1.66. The number of carbonyl (C=O) groups excluding carboxylic acids is 1. The van der Waals surface area contributed by atoms with Crippen molar-refractivity contribution >= 4 is 23.2 Å². The fourth-order valence-electron chi connectivity index (χ4n) is 4.26. The number of rotatable bonds is 5. The lowest BCUT2D eigenvalue weighted by molar-refractivity contribution is 0.0629. The molecule has 168 valence electrons. The van der Waals surface area contributed by atoms with Gasteiger partial charge in [-0.2, -0.15) is 5.10 Å². The second-order valence-electron chi connectivity index (χ2n) is 8.01. The molecule has 0 atom stereocenters. The van der Waals surface area contributed by atoms with E-state index in [9.17, 15) is 4.79 Å². The zero-order valence-corrected chi connectivity index (χ0v) is 19.1. The summed E-state index contributed by atoms with van der Waals surface area (Å²) in [4.78, 5) is 21.9. The van der Waals surface area contributed by atoms with Crippen LogP contribution < -0.4 is 4.74 Å². The number of hydrogen-bond donors (Lipinski definition) is 0. The maximum absolute atomic E-state index is 13.3. The van der Waals surface area contributed by atoms with Crippen molar-refractivity contribution < 1.29 is 9.53 Å². The summed E-state index contributed by atoms with van der Waals surface area (Å²) in [5, 5.41) is 5.17. The topological polar surface area (TPSA) is 63.0 Å². The largest absolute Gasteiger partial charge is 0.496 e. The first-order chi connectivity index (χ1) is 16.1. The van der Waals surface area contributed by atoms with E-state index >= 15 is 0 Å². The van der Waals surface area contributed by atoms with E-state index in [-0.39, 0.29) is 5.91 Å². The van der Waals surface area contributed by atoms with Crippen molar-refractivity contribution in [3.63, 3.8) is 0 Å². The molecule has 0 bridgehead atoms. The van der Waals surface area contributed by atoms with Crippen LogP contribution in [-0.2, 0) is 6.54 Å². The van der Waals surface area contributed by atoms with Gasteiger partial charge in [0, 0.05) is 55.1 Å². The van der Waals surface area contributed by atoms with Gasteiger partial charge in [0.2, 0.25) is 0 Å². The maximum atomic E-state index is 13.3. The molecule has 1 fully saturated rings. The average molecular weight is 462 g/mol. The molecule has 0 spiro atoms. The monoisotopic (exact) mass is 461 g/mol.